The van der Waals surface area contributed by atoms with Crippen LogP contribution in [0.3, 0.4) is 0 Å². The van der Waals surface area contributed by atoms with Crippen molar-refractivity contribution >= 4 is 11.7 Å². The molecule has 1 aromatic carbocycles. The number of amides is 1. The molecule has 0 N–H and O–H groups in total. The molecule has 1 amide bonds. The normalized spacial score (nSPS) is 20.6. The topological polar surface area (TPSA) is 80.0 Å². The molecule has 154 valence electrons. The minimum Gasteiger partial charge on any atom is -0.350 e. The van der Waals surface area contributed by atoms with Crippen LogP contribution in [0.1, 0.15) is 28.2 Å². The third-order valence-corrected chi connectivity index (χ3v) is 6.14. The van der Waals surface area contributed by atoms with E-state index in [0.717, 1.165) is 30.2 Å². The predicted octanol–water partition coefficient (Wildman–Crippen LogP) is 2.16. The van der Waals surface area contributed by atoms with Gasteiger partial charge < -0.3 is 9.80 Å². The summed E-state index contributed by atoms with van der Waals surface area (Å²) in [4.78, 5) is 27.8. The molecule has 2 aliphatic rings. The molecule has 8 nitrogen and oxygen atoms in total. The van der Waals surface area contributed by atoms with Crippen LogP contribution in [0.2, 0.25) is 0 Å². The smallest absolute Gasteiger partial charge is 0.256 e. The number of nitrogens with zero attached hydrogens (tertiary/aromatic N) is 7. The third kappa shape index (κ3) is 3.10. The molecule has 3 aromatic rings. The molecule has 5 rings (SSSR count). The SMILES string of the molecule is Cc1ncc(N2C[C@@H]3CCN(C(=O)c4cc(F)ccc4-n4nccn4)C[C@@H]32)nc1C. The Bertz CT molecular complexity index is 1100. The number of halogens is 1. The Morgan fingerprint density at radius 1 is 1.13 bits per heavy atom. The van der Waals surface area contributed by atoms with Gasteiger partial charge in [0.1, 0.15) is 11.6 Å². The van der Waals surface area contributed by atoms with Crippen molar-refractivity contribution in [1.29, 1.82) is 0 Å². The van der Waals surface area contributed by atoms with Crippen molar-refractivity contribution in [3.05, 3.63) is 59.6 Å². The van der Waals surface area contributed by atoms with Crippen molar-refractivity contribution in [3.8, 4) is 5.69 Å². The molecule has 2 saturated heterocycles. The number of piperidine rings is 1. The summed E-state index contributed by atoms with van der Waals surface area (Å²) in [6.45, 7) is 6.04. The van der Waals surface area contributed by atoms with Gasteiger partial charge in [-0.05, 0) is 38.5 Å². The number of carbonyl (C=O) groups excluding carboxylic acids is 1. The van der Waals surface area contributed by atoms with Gasteiger partial charge in [0, 0.05) is 25.6 Å². The lowest BCUT2D eigenvalue weighted by atomic mass is 9.82. The van der Waals surface area contributed by atoms with Gasteiger partial charge in [-0.15, -0.1) is 0 Å². The first-order valence-electron chi connectivity index (χ1n) is 10.0. The second kappa shape index (κ2) is 7.16. The quantitative estimate of drug-likeness (QED) is 0.662. The van der Waals surface area contributed by atoms with Crippen LogP contribution in [0.4, 0.5) is 10.2 Å². The fourth-order valence-corrected chi connectivity index (χ4v) is 4.28. The highest BCUT2D eigenvalue weighted by atomic mass is 19.1. The Kier molecular flexibility index (Phi) is 4.45. The molecule has 2 atom stereocenters. The molecule has 0 saturated carbocycles. The lowest BCUT2D eigenvalue weighted by molar-refractivity contribution is 0.0590. The van der Waals surface area contributed by atoms with Crippen LogP contribution in [0.5, 0.6) is 0 Å². The van der Waals surface area contributed by atoms with Gasteiger partial charge in [-0.25, -0.2) is 9.37 Å². The van der Waals surface area contributed by atoms with Crippen LogP contribution in [0.25, 0.3) is 5.69 Å². The fourth-order valence-electron chi connectivity index (χ4n) is 4.28. The number of fused-ring (bicyclic) bond motifs is 1. The maximum Gasteiger partial charge on any atom is 0.256 e. The monoisotopic (exact) mass is 407 g/mol. The number of hydrogen-bond donors (Lipinski definition) is 0. The second-order valence-electron chi connectivity index (χ2n) is 7.90. The average Bonchev–Trinajstić information content (AvgIpc) is 3.25. The zero-order valence-corrected chi connectivity index (χ0v) is 16.9. The summed E-state index contributed by atoms with van der Waals surface area (Å²) in [6, 6.07) is 4.31. The fraction of sp³-hybridized carbons (Fsp3) is 0.381. The first-order chi connectivity index (χ1) is 14.5. The molecular formula is C21H22FN7O. The highest BCUT2D eigenvalue weighted by Crippen LogP contribution is 2.36. The van der Waals surface area contributed by atoms with E-state index in [-0.39, 0.29) is 17.5 Å². The van der Waals surface area contributed by atoms with E-state index in [1.807, 2.05) is 13.8 Å². The number of carbonyl (C=O) groups is 1. The van der Waals surface area contributed by atoms with Crippen molar-refractivity contribution in [2.24, 2.45) is 5.92 Å². The molecule has 2 aromatic heterocycles. The summed E-state index contributed by atoms with van der Waals surface area (Å²) in [5.74, 6) is 0.705. The Hall–Kier alpha value is -3.36. The predicted molar refractivity (Wildman–Crippen MR) is 108 cm³/mol. The Morgan fingerprint density at radius 2 is 1.93 bits per heavy atom. The van der Waals surface area contributed by atoms with Gasteiger partial charge in [-0.3, -0.25) is 9.78 Å². The van der Waals surface area contributed by atoms with Crippen molar-refractivity contribution in [1.82, 2.24) is 29.9 Å². The van der Waals surface area contributed by atoms with Gasteiger partial charge in [0.15, 0.2) is 0 Å². The van der Waals surface area contributed by atoms with E-state index in [0.29, 0.717) is 24.7 Å². The minimum absolute atomic E-state index is 0.193. The molecule has 4 heterocycles. The Balaban J connectivity index is 1.39. The van der Waals surface area contributed by atoms with E-state index in [1.54, 1.807) is 11.1 Å². The van der Waals surface area contributed by atoms with Crippen LogP contribution >= 0.6 is 0 Å². The molecule has 0 spiro atoms. The van der Waals surface area contributed by atoms with Gasteiger partial charge >= 0.3 is 0 Å². The van der Waals surface area contributed by atoms with E-state index in [2.05, 4.69) is 25.1 Å². The van der Waals surface area contributed by atoms with E-state index in [9.17, 15) is 9.18 Å². The highest BCUT2D eigenvalue weighted by Gasteiger charge is 2.44. The van der Waals surface area contributed by atoms with Crippen molar-refractivity contribution in [3.63, 3.8) is 0 Å². The highest BCUT2D eigenvalue weighted by molar-refractivity contribution is 5.97. The van der Waals surface area contributed by atoms with E-state index >= 15 is 0 Å². The number of aryl methyl sites for hydroxylation is 2. The molecule has 30 heavy (non-hydrogen) atoms. The van der Waals surface area contributed by atoms with Crippen LogP contribution in [0.15, 0.2) is 36.8 Å². The van der Waals surface area contributed by atoms with E-state index in [1.165, 1.54) is 35.4 Å². The first-order valence-corrected chi connectivity index (χ1v) is 10.0. The van der Waals surface area contributed by atoms with E-state index < -0.39 is 5.82 Å². The lowest BCUT2D eigenvalue weighted by Gasteiger charge is -2.54. The van der Waals surface area contributed by atoms with Gasteiger partial charge in [0.05, 0.1) is 47.3 Å². The number of rotatable bonds is 3. The number of aromatic nitrogens is 5. The van der Waals surface area contributed by atoms with Gasteiger partial charge in [0.25, 0.3) is 5.91 Å². The molecular weight excluding hydrogens is 385 g/mol. The Labute approximate surface area is 173 Å². The number of benzene rings is 1. The number of anilines is 1. The second-order valence-corrected chi connectivity index (χ2v) is 7.90. The third-order valence-electron chi connectivity index (χ3n) is 6.14. The minimum atomic E-state index is -0.459. The van der Waals surface area contributed by atoms with Crippen LogP contribution in [-0.4, -0.2) is 61.4 Å². The standard InChI is InChI=1S/C21H22FN7O/c1-13-14(2)26-20(10-23-13)28-11-15-5-8-27(12-19(15)28)21(30)17-9-16(22)3-4-18(17)29-24-6-7-25-29/h3-4,6-7,9-10,15,19H,5,8,11-12H2,1-2H3/t15-,19-/m0/s1. The summed E-state index contributed by atoms with van der Waals surface area (Å²) in [5, 5.41) is 8.20. The number of hydrogen-bond acceptors (Lipinski definition) is 6. The summed E-state index contributed by atoms with van der Waals surface area (Å²) in [6.07, 6.45) is 5.77. The zero-order chi connectivity index (χ0) is 20.8. The largest absolute Gasteiger partial charge is 0.350 e. The summed E-state index contributed by atoms with van der Waals surface area (Å²) < 4.78 is 14.0. The van der Waals surface area contributed by atoms with Crippen LogP contribution < -0.4 is 4.90 Å². The van der Waals surface area contributed by atoms with Gasteiger partial charge in [0.2, 0.25) is 0 Å². The first kappa shape index (κ1) is 18.7. The maximum atomic E-state index is 14.0. The van der Waals surface area contributed by atoms with Gasteiger partial charge in [-0.1, -0.05) is 0 Å². The summed E-state index contributed by atoms with van der Waals surface area (Å²) in [7, 11) is 0. The molecule has 2 fully saturated rings. The van der Waals surface area contributed by atoms with Crippen molar-refractivity contribution in [2.45, 2.75) is 26.3 Å². The summed E-state index contributed by atoms with van der Waals surface area (Å²) >= 11 is 0. The van der Waals surface area contributed by atoms with E-state index in [4.69, 9.17) is 0 Å². The lowest BCUT2D eigenvalue weighted by Crippen LogP contribution is -2.65. The number of likely N-dealkylation sites (tertiary alicyclic amines) is 1. The van der Waals surface area contributed by atoms with Crippen LogP contribution in [-0.2, 0) is 0 Å². The average molecular weight is 407 g/mol. The molecule has 0 radical (unpaired) electrons. The molecule has 9 heteroatoms. The molecule has 0 aliphatic carbocycles. The summed E-state index contributed by atoms with van der Waals surface area (Å²) in [5.41, 5.74) is 2.57. The maximum absolute atomic E-state index is 14.0. The van der Waals surface area contributed by atoms with Crippen molar-refractivity contribution < 1.29 is 9.18 Å². The zero-order valence-electron chi connectivity index (χ0n) is 16.9. The molecule has 2 aliphatic heterocycles. The molecule has 0 bridgehead atoms. The Morgan fingerprint density at radius 3 is 2.70 bits per heavy atom. The van der Waals surface area contributed by atoms with Crippen LogP contribution in [0, 0.1) is 25.6 Å². The van der Waals surface area contributed by atoms with Crippen molar-refractivity contribution in [2.75, 3.05) is 24.5 Å². The van der Waals surface area contributed by atoms with Gasteiger partial charge in [-0.2, -0.15) is 15.0 Å². The molecule has 0 unspecified atom stereocenters.